The average molecular weight is 242 g/mol. The van der Waals surface area contributed by atoms with Gasteiger partial charge >= 0.3 is 0 Å². The van der Waals surface area contributed by atoms with E-state index in [9.17, 15) is 5.11 Å². The summed E-state index contributed by atoms with van der Waals surface area (Å²) >= 11 is 0. The van der Waals surface area contributed by atoms with E-state index in [-0.39, 0.29) is 6.10 Å². The molecule has 0 aromatic heterocycles. The quantitative estimate of drug-likeness (QED) is 0.761. The Morgan fingerprint density at radius 2 is 1.82 bits per heavy atom. The average Bonchev–Trinajstić information content (AvgIpc) is 2.74. The summed E-state index contributed by atoms with van der Waals surface area (Å²) in [4.78, 5) is 0. The van der Waals surface area contributed by atoms with E-state index in [4.69, 9.17) is 14.2 Å². The Labute approximate surface area is 102 Å². The standard InChI is InChI=1S/C13H22O4/c1-12(2)16-10-8-15-11(14)13(10,17-12)9-6-4-3-5-7-9/h9-11,14H,3-8H2,1-2H3/t10-,11?,13-/m1/s1. The third-order valence-corrected chi connectivity index (χ3v) is 4.39. The minimum atomic E-state index is -0.836. The zero-order chi connectivity index (χ0) is 12.1. The van der Waals surface area contributed by atoms with Gasteiger partial charge in [0.1, 0.15) is 6.10 Å². The van der Waals surface area contributed by atoms with Gasteiger partial charge in [0.05, 0.1) is 6.61 Å². The van der Waals surface area contributed by atoms with Crippen molar-refractivity contribution in [3.05, 3.63) is 0 Å². The van der Waals surface area contributed by atoms with Gasteiger partial charge in [0.15, 0.2) is 17.7 Å². The molecule has 4 heteroatoms. The number of aliphatic hydroxyl groups excluding tert-OH is 1. The lowest BCUT2D eigenvalue weighted by molar-refractivity contribution is -0.251. The number of rotatable bonds is 1. The highest BCUT2D eigenvalue weighted by Crippen LogP contribution is 2.51. The van der Waals surface area contributed by atoms with Crippen LogP contribution >= 0.6 is 0 Å². The second-order valence-electron chi connectivity index (χ2n) is 5.98. The molecule has 3 atom stereocenters. The number of hydrogen-bond donors (Lipinski definition) is 1. The summed E-state index contributed by atoms with van der Waals surface area (Å²) in [6, 6.07) is 0. The Hall–Kier alpha value is -0.160. The van der Waals surface area contributed by atoms with Crippen molar-refractivity contribution in [1.29, 1.82) is 0 Å². The van der Waals surface area contributed by atoms with Crippen molar-refractivity contribution in [3.63, 3.8) is 0 Å². The zero-order valence-electron chi connectivity index (χ0n) is 10.6. The van der Waals surface area contributed by atoms with Gasteiger partial charge < -0.3 is 19.3 Å². The van der Waals surface area contributed by atoms with Crippen molar-refractivity contribution < 1.29 is 19.3 Å². The molecule has 2 saturated heterocycles. The Morgan fingerprint density at radius 3 is 2.53 bits per heavy atom. The second kappa shape index (κ2) is 3.92. The van der Waals surface area contributed by atoms with Crippen molar-refractivity contribution in [2.24, 2.45) is 5.92 Å². The smallest absolute Gasteiger partial charge is 0.187 e. The summed E-state index contributed by atoms with van der Waals surface area (Å²) in [6.07, 6.45) is 4.99. The molecule has 2 heterocycles. The molecule has 0 amide bonds. The first-order chi connectivity index (χ1) is 8.05. The number of ether oxygens (including phenoxy) is 3. The van der Waals surface area contributed by atoms with Gasteiger partial charge in [-0.1, -0.05) is 19.3 Å². The molecule has 3 aliphatic rings. The SMILES string of the molecule is CC1(C)O[C@@H]2COC(O)[C@]2(C2CCCCC2)O1. The van der Waals surface area contributed by atoms with Crippen LogP contribution in [0.3, 0.4) is 0 Å². The van der Waals surface area contributed by atoms with E-state index < -0.39 is 17.7 Å². The lowest BCUT2D eigenvalue weighted by Gasteiger charge is -2.39. The van der Waals surface area contributed by atoms with Crippen LogP contribution in [0.4, 0.5) is 0 Å². The third-order valence-electron chi connectivity index (χ3n) is 4.39. The van der Waals surface area contributed by atoms with Crippen molar-refractivity contribution in [3.8, 4) is 0 Å². The van der Waals surface area contributed by atoms with E-state index in [0.717, 1.165) is 12.8 Å². The van der Waals surface area contributed by atoms with Gasteiger partial charge in [0.25, 0.3) is 0 Å². The molecule has 1 unspecified atom stereocenters. The highest BCUT2D eigenvalue weighted by atomic mass is 16.8. The van der Waals surface area contributed by atoms with Crippen LogP contribution in [0.2, 0.25) is 0 Å². The maximum Gasteiger partial charge on any atom is 0.187 e. The summed E-state index contributed by atoms with van der Waals surface area (Å²) in [5.41, 5.74) is -0.621. The predicted molar refractivity (Wildman–Crippen MR) is 61.3 cm³/mol. The van der Waals surface area contributed by atoms with Crippen LogP contribution in [0.15, 0.2) is 0 Å². The first kappa shape index (κ1) is 11.9. The topological polar surface area (TPSA) is 47.9 Å². The number of fused-ring (bicyclic) bond motifs is 1. The summed E-state index contributed by atoms with van der Waals surface area (Å²) in [7, 11) is 0. The molecule has 0 spiro atoms. The van der Waals surface area contributed by atoms with E-state index in [1.54, 1.807) is 0 Å². The summed E-state index contributed by atoms with van der Waals surface area (Å²) in [5.74, 6) is -0.243. The third kappa shape index (κ3) is 1.73. The zero-order valence-corrected chi connectivity index (χ0v) is 10.6. The molecule has 3 rings (SSSR count). The molecule has 1 aliphatic carbocycles. The normalized spacial score (nSPS) is 46.1. The molecule has 0 aromatic carbocycles. The van der Waals surface area contributed by atoms with Crippen LogP contribution in [-0.4, -0.2) is 35.5 Å². The van der Waals surface area contributed by atoms with Gasteiger partial charge in [0, 0.05) is 0 Å². The molecule has 0 bridgehead atoms. The monoisotopic (exact) mass is 242 g/mol. The molecule has 17 heavy (non-hydrogen) atoms. The summed E-state index contributed by atoms with van der Waals surface area (Å²) < 4.78 is 17.4. The van der Waals surface area contributed by atoms with Crippen LogP contribution in [-0.2, 0) is 14.2 Å². The Kier molecular flexibility index (Phi) is 2.74. The van der Waals surface area contributed by atoms with Gasteiger partial charge in [-0.05, 0) is 32.6 Å². The minimum absolute atomic E-state index is 0.115. The molecule has 3 fully saturated rings. The van der Waals surface area contributed by atoms with E-state index in [1.165, 1.54) is 19.3 Å². The molecule has 2 aliphatic heterocycles. The summed E-state index contributed by atoms with van der Waals surface area (Å²) in [5, 5.41) is 10.2. The number of aliphatic hydroxyl groups is 1. The van der Waals surface area contributed by atoms with Gasteiger partial charge in [-0.15, -0.1) is 0 Å². The minimum Gasteiger partial charge on any atom is -0.366 e. The van der Waals surface area contributed by atoms with Gasteiger partial charge in [0.2, 0.25) is 0 Å². The van der Waals surface area contributed by atoms with Crippen LogP contribution in [0, 0.1) is 5.92 Å². The van der Waals surface area contributed by atoms with Gasteiger partial charge in [-0.3, -0.25) is 0 Å². The molecule has 98 valence electrons. The molecular weight excluding hydrogens is 220 g/mol. The Balaban J connectivity index is 1.90. The largest absolute Gasteiger partial charge is 0.366 e. The highest BCUT2D eigenvalue weighted by Gasteiger charge is 2.65. The molecule has 1 saturated carbocycles. The Morgan fingerprint density at radius 1 is 1.12 bits per heavy atom. The van der Waals surface area contributed by atoms with Crippen molar-refractivity contribution in [1.82, 2.24) is 0 Å². The first-order valence-electron chi connectivity index (χ1n) is 6.72. The molecule has 4 nitrogen and oxygen atoms in total. The van der Waals surface area contributed by atoms with Crippen molar-refractivity contribution in [2.45, 2.75) is 69.7 Å². The molecule has 0 aromatic rings. The highest BCUT2D eigenvalue weighted by molar-refractivity contribution is 5.06. The van der Waals surface area contributed by atoms with E-state index in [2.05, 4.69) is 0 Å². The summed E-state index contributed by atoms with van der Waals surface area (Å²) in [6.45, 7) is 4.28. The Bertz CT molecular complexity index is 298. The predicted octanol–water partition coefficient (Wildman–Crippen LogP) is 1.81. The number of hydrogen-bond acceptors (Lipinski definition) is 4. The molecule has 1 N–H and O–H groups in total. The van der Waals surface area contributed by atoms with Crippen molar-refractivity contribution >= 4 is 0 Å². The molecular formula is C13H22O4. The van der Waals surface area contributed by atoms with Crippen LogP contribution in [0.25, 0.3) is 0 Å². The van der Waals surface area contributed by atoms with E-state index in [0.29, 0.717) is 12.5 Å². The fourth-order valence-corrected chi connectivity index (χ4v) is 3.73. The van der Waals surface area contributed by atoms with Crippen molar-refractivity contribution in [2.75, 3.05) is 6.61 Å². The maximum absolute atomic E-state index is 10.2. The lowest BCUT2D eigenvalue weighted by Crippen LogP contribution is -2.52. The van der Waals surface area contributed by atoms with E-state index >= 15 is 0 Å². The fraction of sp³-hybridized carbons (Fsp3) is 1.00. The maximum atomic E-state index is 10.2. The first-order valence-corrected chi connectivity index (χ1v) is 6.72. The lowest BCUT2D eigenvalue weighted by atomic mass is 9.74. The fourth-order valence-electron chi connectivity index (χ4n) is 3.73. The van der Waals surface area contributed by atoms with Crippen LogP contribution < -0.4 is 0 Å². The van der Waals surface area contributed by atoms with E-state index in [1.807, 2.05) is 13.8 Å². The van der Waals surface area contributed by atoms with Gasteiger partial charge in [-0.25, -0.2) is 0 Å². The van der Waals surface area contributed by atoms with Crippen LogP contribution in [0.1, 0.15) is 46.0 Å². The van der Waals surface area contributed by atoms with Gasteiger partial charge in [-0.2, -0.15) is 0 Å². The van der Waals surface area contributed by atoms with Crippen LogP contribution in [0.5, 0.6) is 0 Å². The molecule has 0 radical (unpaired) electrons. The second-order valence-corrected chi connectivity index (χ2v) is 5.98.